The van der Waals surface area contributed by atoms with Crippen LogP contribution in [0, 0.1) is 0 Å². The van der Waals surface area contributed by atoms with E-state index in [1.807, 2.05) is 0 Å². The zero-order valence-electron chi connectivity index (χ0n) is 10.2. The summed E-state index contributed by atoms with van der Waals surface area (Å²) < 4.78 is 30.4. The number of hydrogen-bond donors (Lipinski definition) is 1. The Hall–Kier alpha value is -0.980. The van der Waals surface area contributed by atoms with E-state index in [4.69, 9.17) is 23.2 Å². The average molecular weight is 326 g/mol. The van der Waals surface area contributed by atoms with E-state index in [1.54, 1.807) is 0 Å². The van der Waals surface area contributed by atoms with Crippen molar-refractivity contribution >= 4 is 44.9 Å². The zero-order chi connectivity index (χ0) is 14.5. The predicted octanol–water partition coefficient (Wildman–Crippen LogP) is 2.50. The van der Waals surface area contributed by atoms with Gasteiger partial charge in [0, 0.05) is 10.9 Å². The lowest BCUT2D eigenvalue weighted by Crippen LogP contribution is -2.19. The topological polar surface area (TPSA) is 72.5 Å². The molecule has 19 heavy (non-hydrogen) atoms. The molecule has 1 rings (SSSR count). The van der Waals surface area contributed by atoms with Crippen molar-refractivity contribution in [3.63, 3.8) is 0 Å². The maximum absolute atomic E-state index is 11.8. The first kappa shape index (κ1) is 16.1. The van der Waals surface area contributed by atoms with E-state index in [0.29, 0.717) is 11.4 Å². The molecular weight excluding hydrogens is 313 g/mol. The Morgan fingerprint density at radius 1 is 1.42 bits per heavy atom. The number of anilines is 1. The van der Waals surface area contributed by atoms with Gasteiger partial charge in [-0.2, -0.15) is 0 Å². The molecule has 0 amide bonds. The molecule has 0 fully saturated rings. The molecule has 106 valence electrons. The molecule has 0 aliphatic rings. The molecule has 0 aromatic heterocycles. The largest absolute Gasteiger partial charge is 0.465 e. The van der Waals surface area contributed by atoms with Gasteiger partial charge in [-0.05, 0) is 24.6 Å². The van der Waals surface area contributed by atoms with Crippen molar-refractivity contribution < 1.29 is 17.9 Å². The second-order valence-corrected chi connectivity index (χ2v) is 6.30. The van der Waals surface area contributed by atoms with E-state index in [1.165, 1.54) is 25.3 Å². The third-order valence-electron chi connectivity index (χ3n) is 2.20. The van der Waals surface area contributed by atoms with Crippen LogP contribution >= 0.6 is 23.2 Å². The van der Waals surface area contributed by atoms with Gasteiger partial charge in [-0.15, -0.1) is 11.6 Å². The summed E-state index contributed by atoms with van der Waals surface area (Å²) in [7, 11) is -2.37. The van der Waals surface area contributed by atoms with E-state index in [-0.39, 0.29) is 22.9 Å². The average Bonchev–Trinajstić information content (AvgIpc) is 2.35. The number of nitrogens with one attached hydrogen (secondary N) is 1. The van der Waals surface area contributed by atoms with Crippen molar-refractivity contribution in [3.8, 4) is 0 Å². The van der Waals surface area contributed by atoms with Gasteiger partial charge in [-0.3, -0.25) is 4.72 Å². The fourth-order valence-electron chi connectivity index (χ4n) is 1.35. The highest BCUT2D eigenvalue weighted by Gasteiger charge is 2.17. The lowest BCUT2D eigenvalue weighted by molar-refractivity contribution is 0.0602. The Morgan fingerprint density at radius 3 is 2.68 bits per heavy atom. The highest BCUT2D eigenvalue weighted by atomic mass is 35.5. The lowest BCUT2D eigenvalue weighted by Gasteiger charge is -2.11. The minimum absolute atomic E-state index is 0.0916. The van der Waals surface area contributed by atoms with E-state index in [9.17, 15) is 13.2 Å². The third kappa shape index (κ3) is 4.89. The number of rotatable bonds is 6. The number of methoxy groups -OCH3 is 1. The monoisotopic (exact) mass is 325 g/mol. The summed E-state index contributed by atoms with van der Waals surface area (Å²) >= 11 is 11.2. The van der Waals surface area contributed by atoms with Crippen LogP contribution in [0.2, 0.25) is 5.02 Å². The number of hydrogen-bond acceptors (Lipinski definition) is 4. The second-order valence-electron chi connectivity index (χ2n) is 3.64. The molecule has 0 spiro atoms. The fraction of sp³-hybridized carbons (Fsp3) is 0.364. The minimum atomic E-state index is -3.58. The fourth-order valence-corrected chi connectivity index (χ4v) is 2.95. The van der Waals surface area contributed by atoms with Gasteiger partial charge in [0.25, 0.3) is 0 Å². The van der Waals surface area contributed by atoms with Gasteiger partial charge in [0.1, 0.15) is 0 Å². The summed E-state index contributed by atoms with van der Waals surface area (Å²) in [4.78, 5) is 11.5. The molecule has 0 radical (unpaired) electrons. The highest BCUT2D eigenvalue weighted by molar-refractivity contribution is 7.92. The molecule has 1 aromatic rings. The number of alkyl halides is 1. The SMILES string of the molecule is COC(=O)c1ccc(Cl)cc1NS(=O)(=O)CCCCl. The van der Waals surface area contributed by atoms with Crippen LogP contribution in [-0.4, -0.2) is 33.1 Å². The molecule has 5 nitrogen and oxygen atoms in total. The number of carbonyl (C=O) groups excluding carboxylic acids is 1. The third-order valence-corrected chi connectivity index (χ3v) is 4.06. The van der Waals surface area contributed by atoms with Crippen LogP contribution in [0.15, 0.2) is 18.2 Å². The molecule has 0 atom stereocenters. The van der Waals surface area contributed by atoms with Crippen LogP contribution in [0.25, 0.3) is 0 Å². The van der Waals surface area contributed by atoms with Gasteiger partial charge in [0.15, 0.2) is 0 Å². The van der Waals surface area contributed by atoms with Gasteiger partial charge in [-0.25, -0.2) is 13.2 Å². The summed E-state index contributed by atoms with van der Waals surface area (Å²) in [5.74, 6) is -0.545. The van der Waals surface area contributed by atoms with Gasteiger partial charge in [-0.1, -0.05) is 11.6 Å². The number of halogens is 2. The van der Waals surface area contributed by atoms with E-state index in [2.05, 4.69) is 9.46 Å². The van der Waals surface area contributed by atoms with Crippen LogP contribution in [0.3, 0.4) is 0 Å². The van der Waals surface area contributed by atoms with Crippen molar-refractivity contribution in [1.82, 2.24) is 0 Å². The summed E-state index contributed by atoms with van der Waals surface area (Å²) in [6.07, 6.45) is 0.311. The van der Waals surface area contributed by atoms with Crippen LogP contribution < -0.4 is 4.72 Å². The molecule has 1 N–H and O–H groups in total. The maximum atomic E-state index is 11.8. The summed E-state index contributed by atoms with van der Waals surface area (Å²) in [6.45, 7) is 0. The first-order valence-corrected chi connectivity index (χ1v) is 7.90. The predicted molar refractivity (Wildman–Crippen MR) is 75.5 cm³/mol. The number of benzene rings is 1. The first-order chi connectivity index (χ1) is 8.89. The molecule has 0 unspecified atom stereocenters. The van der Waals surface area contributed by atoms with Crippen molar-refractivity contribution in [2.45, 2.75) is 6.42 Å². The van der Waals surface area contributed by atoms with E-state index >= 15 is 0 Å². The van der Waals surface area contributed by atoms with Gasteiger partial charge in [0.05, 0.1) is 24.1 Å². The molecule has 8 heteroatoms. The summed E-state index contributed by atoms with van der Waals surface area (Å²) in [5.41, 5.74) is 0.190. The number of carbonyl (C=O) groups is 1. The van der Waals surface area contributed by atoms with Gasteiger partial charge >= 0.3 is 5.97 Å². The molecule has 0 bridgehead atoms. The molecule has 0 heterocycles. The van der Waals surface area contributed by atoms with Gasteiger partial charge in [0.2, 0.25) is 10.0 Å². The van der Waals surface area contributed by atoms with Crippen molar-refractivity contribution in [3.05, 3.63) is 28.8 Å². The Balaban J connectivity index is 3.05. The van der Waals surface area contributed by atoms with Crippen LogP contribution in [0.4, 0.5) is 5.69 Å². The van der Waals surface area contributed by atoms with Crippen LogP contribution in [-0.2, 0) is 14.8 Å². The zero-order valence-corrected chi connectivity index (χ0v) is 12.5. The van der Waals surface area contributed by atoms with Crippen LogP contribution in [0.5, 0.6) is 0 Å². The molecule has 0 saturated heterocycles. The summed E-state index contributed by atoms with van der Waals surface area (Å²) in [5, 5.41) is 0.308. The smallest absolute Gasteiger partial charge is 0.339 e. The quantitative estimate of drug-likeness (QED) is 0.644. The second kappa shape index (κ2) is 6.98. The van der Waals surface area contributed by atoms with Crippen LogP contribution in [0.1, 0.15) is 16.8 Å². The van der Waals surface area contributed by atoms with E-state index in [0.717, 1.165) is 0 Å². The Bertz CT molecular complexity index is 560. The lowest BCUT2D eigenvalue weighted by atomic mass is 10.2. The first-order valence-electron chi connectivity index (χ1n) is 5.34. The van der Waals surface area contributed by atoms with E-state index < -0.39 is 16.0 Å². The normalized spacial score (nSPS) is 11.1. The number of sulfonamides is 1. The number of esters is 1. The molecule has 0 saturated carbocycles. The Labute approximate surface area is 121 Å². The molecule has 0 aliphatic carbocycles. The highest BCUT2D eigenvalue weighted by Crippen LogP contribution is 2.23. The Morgan fingerprint density at radius 2 is 2.11 bits per heavy atom. The number of ether oxygens (including phenoxy) is 1. The standard InChI is InChI=1S/C11H13Cl2NO4S/c1-18-11(15)9-4-3-8(13)7-10(9)14-19(16,17)6-2-5-12/h3-4,7,14H,2,5-6H2,1H3. The summed E-state index contributed by atoms with van der Waals surface area (Å²) in [6, 6.07) is 4.23. The minimum Gasteiger partial charge on any atom is -0.465 e. The van der Waals surface area contributed by atoms with Crippen molar-refractivity contribution in [1.29, 1.82) is 0 Å². The van der Waals surface area contributed by atoms with Crippen molar-refractivity contribution in [2.24, 2.45) is 0 Å². The maximum Gasteiger partial charge on any atom is 0.339 e. The molecule has 0 aliphatic heterocycles. The van der Waals surface area contributed by atoms with Crippen molar-refractivity contribution in [2.75, 3.05) is 23.5 Å². The van der Waals surface area contributed by atoms with Gasteiger partial charge < -0.3 is 4.74 Å². The Kier molecular flexibility index (Phi) is 5.90. The molecule has 1 aromatic carbocycles. The molecular formula is C11H13Cl2NO4S.